The summed E-state index contributed by atoms with van der Waals surface area (Å²) in [5.74, 6) is 4.20. The smallest absolute Gasteiger partial charge is 0.00433 e. The minimum atomic E-state index is 0.675. The lowest BCUT2D eigenvalue weighted by Crippen LogP contribution is -2.59. The Bertz CT molecular complexity index is 315. The van der Waals surface area contributed by atoms with Crippen LogP contribution in [0.4, 0.5) is 0 Å². The maximum atomic E-state index is 3.63. The quantitative estimate of drug-likeness (QED) is 0.784. The van der Waals surface area contributed by atoms with E-state index in [0.29, 0.717) is 5.41 Å². The third-order valence-electron chi connectivity index (χ3n) is 7.70. The zero-order valence-corrected chi connectivity index (χ0v) is 12.9. The van der Waals surface area contributed by atoms with E-state index in [-0.39, 0.29) is 0 Å². The Labute approximate surface area is 118 Å². The summed E-state index contributed by atoms with van der Waals surface area (Å²) in [5, 5.41) is 3.63. The van der Waals surface area contributed by atoms with E-state index in [9.17, 15) is 0 Å². The molecular formula is C18H31N. The molecule has 5 rings (SSSR count). The van der Waals surface area contributed by atoms with Crippen LogP contribution in [0.25, 0.3) is 0 Å². The molecule has 1 nitrogen and oxygen atoms in total. The zero-order valence-electron chi connectivity index (χ0n) is 12.9. The average molecular weight is 261 g/mol. The summed E-state index contributed by atoms with van der Waals surface area (Å²) in [6.45, 7) is 7.62. The summed E-state index contributed by atoms with van der Waals surface area (Å²) in [6.07, 6.45) is 12.5. The molecule has 0 aromatic rings. The van der Waals surface area contributed by atoms with Gasteiger partial charge in [0.25, 0.3) is 0 Å². The monoisotopic (exact) mass is 261 g/mol. The first kappa shape index (κ1) is 12.7. The van der Waals surface area contributed by atoms with Crippen molar-refractivity contribution in [2.75, 3.05) is 13.1 Å². The van der Waals surface area contributed by atoms with E-state index in [1.54, 1.807) is 38.5 Å². The van der Waals surface area contributed by atoms with Gasteiger partial charge >= 0.3 is 0 Å². The molecular weight excluding hydrogens is 230 g/mol. The molecule has 5 fully saturated rings. The second kappa shape index (κ2) is 4.23. The van der Waals surface area contributed by atoms with Gasteiger partial charge in [0, 0.05) is 0 Å². The van der Waals surface area contributed by atoms with Crippen LogP contribution >= 0.6 is 0 Å². The van der Waals surface area contributed by atoms with E-state index >= 15 is 0 Å². The Morgan fingerprint density at radius 2 is 1.32 bits per heavy atom. The highest BCUT2D eigenvalue weighted by molar-refractivity contribution is 5.11. The number of hydrogen-bond donors (Lipinski definition) is 1. The van der Waals surface area contributed by atoms with Crippen LogP contribution in [0.3, 0.4) is 0 Å². The van der Waals surface area contributed by atoms with Crippen molar-refractivity contribution in [3.63, 3.8) is 0 Å². The van der Waals surface area contributed by atoms with Crippen molar-refractivity contribution >= 4 is 0 Å². The minimum absolute atomic E-state index is 0.675. The van der Waals surface area contributed by atoms with Crippen molar-refractivity contribution in [1.29, 1.82) is 0 Å². The highest BCUT2D eigenvalue weighted by atomic mass is 14.9. The molecule has 0 radical (unpaired) electrons. The molecule has 4 bridgehead atoms. The number of rotatable bonds is 2. The summed E-state index contributed by atoms with van der Waals surface area (Å²) in [5.41, 5.74) is 1.42. The Kier molecular flexibility index (Phi) is 2.82. The van der Waals surface area contributed by atoms with Gasteiger partial charge in [-0.15, -0.1) is 0 Å². The van der Waals surface area contributed by atoms with Crippen LogP contribution in [0.1, 0.15) is 65.2 Å². The highest BCUT2D eigenvalue weighted by Crippen LogP contribution is 2.69. The third-order valence-corrected chi connectivity index (χ3v) is 7.70. The molecule has 1 heteroatoms. The Morgan fingerprint density at radius 1 is 0.842 bits per heavy atom. The van der Waals surface area contributed by atoms with Crippen molar-refractivity contribution in [2.24, 2.45) is 34.5 Å². The Morgan fingerprint density at radius 3 is 1.74 bits per heavy atom. The average Bonchev–Trinajstić information content (AvgIpc) is 2.37. The van der Waals surface area contributed by atoms with E-state index in [1.807, 2.05) is 0 Å². The largest absolute Gasteiger partial charge is 0.317 e. The standard InChI is InChI=1S/C18H31N/c1-13(2)18(3-5-19-6-4-18)17-10-14-7-15(11-17)9-16(8-14)12-17/h13-16,19H,3-12H2,1-2H3. The maximum absolute atomic E-state index is 3.63. The summed E-state index contributed by atoms with van der Waals surface area (Å²) in [4.78, 5) is 0. The van der Waals surface area contributed by atoms with Gasteiger partial charge in [0.05, 0.1) is 0 Å². The van der Waals surface area contributed by atoms with Crippen molar-refractivity contribution in [1.82, 2.24) is 5.32 Å². The van der Waals surface area contributed by atoms with Crippen molar-refractivity contribution in [2.45, 2.75) is 65.2 Å². The van der Waals surface area contributed by atoms with Crippen molar-refractivity contribution < 1.29 is 0 Å². The fraction of sp³-hybridized carbons (Fsp3) is 1.00. The van der Waals surface area contributed by atoms with Crippen LogP contribution in [0.2, 0.25) is 0 Å². The Hall–Kier alpha value is -0.0400. The zero-order chi connectivity index (χ0) is 13.1. The van der Waals surface area contributed by atoms with Crippen LogP contribution < -0.4 is 5.32 Å². The maximum Gasteiger partial charge on any atom is -0.00433 e. The van der Waals surface area contributed by atoms with Gasteiger partial charge < -0.3 is 5.32 Å². The molecule has 1 heterocycles. The summed E-state index contributed by atoms with van der Waals surface area (Å²) in [6, 6.07) is 0. The van der Waals surface area contributed by atoms with Gasteiger partial charge in [-0.3, -0.25) is 0 Å². The van der Waals surface area contributed by atoms with E-state index in [0.717, 1.165) is 29.1 Å². The fourth-order valence-electron chi connectivity index (χ4n) is 7.31. The van der Waals surface area contributed by atoms with Crippen LogP contribution in [0, 0.1) is 34.5 Å². The Balaban J connectivity index is 1.72. The third kappa shape index (κ3) is 1.69. The SMILES string of the molecule is CC(C)C1(C23CC4CC(CC(C4)C2)C3)CCNCC1. The lowest BCUT2D eigenvalue weighted by atomic mass is 9.39. The topological polar surface area (TPSA) is 12.0 Å². The van der Waals surface area contributed by atoms with Crippen molar-refractivity contribution in [3.8, 4) is 0 Å². The van der Waals surface area contributed by atoms with Crippen LogP contribution in [-0.4, -0.2) is 13.1 Å². The molecule has 0 amide bonds. The molecule has 4 saturated carbocycles. The first-order valence-corrected chi connectivity index (χ1v) is 8.84. The molecule has 1 saturated heterocycles. The summed E-state index contributed by atoms with van der Waals surface area (Å²) < 4.78 is 0. The fourth-order valence-corrected chi connectivity index (χ4v) is 7.31. The van der Waals surface area contributed by atoms with E-state index in [1.165, 1.54) is 25.9 Å². The first-order chi connectivity index (χ1) is 9.14. The van der Waals surface area contributed by atoms with Gasteiger partial charge in [-0.1, -0.05) is 13.8 Å². The molecule has 1 N–H and O–H groups in total. The molecule has 4 aliphatic carbocycles. The minimum Gasteiger partial charge on any atom is -0.317 e. The molecule has 108 valence electrons. The van der Waals surface area contributed by atoms with Gasteiger partial charge in [-0.05, 0) is 99.0 Å². The van der Waals surface area contributed by atoms with Gasteiger partial charge in [0.2, 0.25) is 0 Å². The molecule has 0 spiro atoms. The first-order valence-electron chi connectivity index (χ1n) is 8.84. The summed E-state index contributed by atoms with van der Waals surface area (Å²) >= 11 is 0. The molecule has 0 aromatic heterocycles. The van der Waals surface area contributed by atoms with Gasteiger partial charge in [0.15, 0.2) is 0 Å². The number of hydrogen-bond acceptors (Lipinski definition) is 1. The normalized spacial score (nSPS) is 47.8. The van der Waals surface area contributed by atoms with Crippen LogP contribution in [-0.2, 0) is 0 Å². The predicted octanol–water partition coefficient (Wildman–Crippen LogP) is 4.23. The second-order valence-electron chi connectivity index (χ2n) is 8.76. The van der Waals surface area contributed by atoms with E-state index < -0.39 is 0 Å². The van der Waals surface area contributed by atoms with E-state index in [4.69, 9.17) is 0 Å². The van der Waals surface area contributed by atoms with Gasteiger partial charge in [-0.25, -0.2) is 0 Å². The van der Waals surface area contributed by atoms with Crippen molar-refractivity contribution in [3.05, 3.63) is 0 Å². The summed E-state index contributed by atoms with van der Waals surface area (Å²) in [7, 11) is 0. The van der Waals surface area contributed by atoms with Crippen LogP contribution in [0.5, 0.6) is 0 Å². The number of nitrogens with one attached hydrogen (secondary N) is 1. The lowest BCUT2D eigenvalue weighted by Gasteiger charge is -2.66. The molecule has 0 atom stereocenters. The highest BCUT2D eigenvalue weighted by Gasteiger charge is 2.60. The lowest BCUT2D eigenvalue weighted by molar-refractivity contribution is -0.160. The molecule has 5 aliphatic rings. The second-order valence-corrected chi connectivity index (χ2v) is 8.76. The van der Waals surface area contributed by atoms with Gasteiger partial charge in [0.1, 0.15) is 0 Å². The molecule has 0 aromatic carbocycles. The van der Waals surface area contributed by atoms with E-state index in [2.05, 4.69) is 19.2 Å². The molecule has 19 heavy (non-hydrogen) atoms. The molecule has 1 aliphatic heterocycles. The van der Waals surface area contributed by atoms with Gasteiger partial charge in [-0.2, -0.15) is 0 Å². The predicted molar refractivity (Wildman–Crippen MR) is 80.0 cm³/mol. The molecule has 0 unspecified atom stereocenters. The number of piperidine rings is 1. The van der Waals surface area contributed by atoms with Crippen LogP contribution in [0.15, 0.2) is 0 Å².